The molecule has 0 radical (unpaired) electrons. The van der Waals surface area contributed by atoms with Crippen LogP contribution in [0.3, 0.4) is 0 Å². The highest BCUT2D eigenvalue weighted by molar-refractivity contribution is 6.31. The van der Waals surface area contributed by atoms with Gasteiger partial charge in [0.2, 0.25) is 5.88 Å². The van der Waals surface area contributed by atoms with Gasteiger partial charge in [0.25, 0.3) is 0 Å². The molecule has 1 aromatic heterocycles. The molecule has 1 aromatic carbocycles. The van der Waals surface area contributed by atoms with E-state index in [9.17, 15) is 23.1 Å². The number of carbonyl (C=O) groups is 1. The third kappa shape index (κ3) is 5.25. The van der Waals surface area contributed by atoms with Crippen LogP contribution in [0.5, 0.6) is 5.88 Å². The molecule has 2 aromatic rings. The van der Waals surface area contributed by atoms with E-state index in [2.05, 4.69) is 5.10 Å². The van der Waals surface area contributed by atoms with Gasteiger partial charge in [0.05, 0.1) is 12.1 Å². The molecule has 0 spiro atoms. The van der Waals surface area contributed by atoms with Crippen molar-refractivity contribution in [3.05, 3.63) is 58.3 Å². The largest absolute Gasteiger partial charge is 0.492 e. The standard InChI is InChI=1S/C16H14ClF3N2O3/c17-13-7-11(16(18,19)20)6-5-10(13)9-22-12(8-14(23)21-22)3-1-2-4-15(24)25/h2,4-8H,1,3,9H2,(H,21,23)(H,24,25)/b4-2+. The van der Waals surface area contributed by atoms with Gasteiger partial charge in [-0.3, -0.25) is 4.68 Å². The van der Waals surface area contributed by atoms with Crippen LogP contribution in [-0.2, 0) is 23.9 Å². The van der Waals surface area contributed by atoms with Crippen molar-refractivity contribution >= 4 is 17.6 Å². The first kappa shape index (κ1) is 18.9. The topological polar surface area (TPSA) is 75.3 Å². The first-order valence-corrected chi connectivity index (χ1v) is 7.55. The lowest BCUT2D eigenvalue weighted by Crippen LogP contribution is -2.09. The molecule has 2 rings (SSSR count). The van der Waals surface area contributed by atoms with Crippen LogP contribution < -0.4 is 0 Å². The van der Waals surface area contributed by atoms with E-state index in [0.717, 1.165) is 18.2 Å². The van der Waals surface area contributed by atoms with Crippen LogP contribution in [0.4, 0.5) is 13.2 Å². The Balaban J connectivity index is 2.16. The quantitative estimate of drug-likeness (QED) is 0.752. The molecule has 9 heteroatoms. The summed E-state index contributed by atoms with van der Waals surface area (Å²) in [7, 11) is 0. The Hall–Kier alpha value is -2.48. The molecule has 1 heterocycles. The van der Waals surface area contributed by atoms with Crippen molar-refractivity contribution in [1.82, 2.24) is 9.78 Å². The van der Waals surface area contributed by atoms with Gasteiger partial charge in [0.1, 0.15) is 0 Å². The second-order valence-electron chi connectivity index (χ2n) is 5.23. The third-order valence-electron chi connectivity index (χ3n) is 3.38. The summed E-state index contributed by atoms with van der Waals surface area (Å²) < 4.78 is 39.4. The lowest BCUT2D eigenvalue weighted by molar-refractivity contribution is -0.137. The Bertz CT molecular complexity index is 800. The molecule has 0 aliphatic heterocycles. The number of alkyl halides is 3. The van der Waals surface area contributed by atoms with Crippen LogP contribution in [0.15, 0.2) is 36.4 Å². The summed E-state index contributed by atoms with van der Waals surface area (Å²) in [6.45, 7) is 0.0789. The average Bonchev–Trinajstić information content (AvgIpc) is 2.84. The highest BCUT2D eigenvalue weighted by atomic mass is 35.5. The fraction of sp³-hybridized carbons (Fsp3) is 0.250. The smallest absolute Gasteiger partial charge is 0.416 e. The summed E-state index contributed by atoms with van der Waals surface area (Å²) in [4.78, 5) is 10.4. The van der Waals surface area contributed by atoms with Gasteiger partial charge in [-0.15, -0.1) is 5.10 Å². The predicted molar refractivity (Wildman–Crippen MR) is 84.5 cm³/mol. The van der Waals surface area contributed by atoms with Crippen LogP contribution in [0.25, 0.3) is 0 Å². The van der Waals surface area contributed by atoms with Gasteiger partial charge in [-0.2, -0.15) is 13.2 Å². The van der Waals surface area contributed by atoms with E-state index in [-0.39, 0.29) is 17.4 Å². The number of aromatic hydroxyl groups is 1. The number of hydrogen-bond acceptors (Lipinski definition) is 3. The third-order valence-corrected chi connectivity index (χ3v) is 3.73. The van der Waals surface area contributed by atoms with Crippen LogP contribution in [0.1, 0.15) is 23.2 Å². The fourth-order valence-corrected chi connectivity index (χ4v) is 2.45. The van der Waals surface area contributed by atoms with Gasteiger partial charge in [-0.25, -0.2) is 4.79 Å². The molecule has 0 unspecified atom stereocenters. The summed E-state index contributed by atoms with van der Waals surface area (Å²) in [5, 5.41) is 21.9. The van der Waals surface area contributed by atoms with E-state index in [0.29, 0.717) is 24.1 Å². The zero-order chi connectivity index (χ0) is 18.6. The molecule has 0 fully saturated rings. The SMILES string of the molecule is O=C(O)/C=C/CCc1cc(O)nn1Cc1ccc(C(F)(F)F)cc1Cl. The zero-order valence-corrected chi connectivity index (χ0v) is 13.6. The van der Waals surface area contributed by atoms with Crippen molar-refractivity contribution < 1.29 is 28.2 Å². The highest BCUT2D eigenvalue weighted by Crippen LogP contribution is 2.32. The van der Waals surface area contributed by atoms with Gasteiger partial charge in [-0.05, 0) is 30.5 Å². The molecule has 25 heavy (non-hydrogen) atoms. The first-order chi connectivity index (χ1) is 11.7. The summed E-state index contributed by atoms with van der Waals surface area (Å²) in [6, 6.07) is 4.44. The Kier molecular flexibility index (Phi) is 5.73. The number of nitrogens with zero attached hydrogens (tertiary/aromatic N) is 2. The summed E-state index contributed by atoms with van der Waals surface area (Å²) >= 11 is 5.93. The minimum Gasteiger partial charge on any atom is -0.492 e. The van der Waals surface area contributed by atoms with Crippen LogP contribution >= 0.6 is 11.6 Å². The molecular weight excluding hydrogens is 361 g/mol. The molecular formula is C16H14ClF3N2O3. The molecule has 0 saturated carbocycles. The van der Waals surface area contributed by atoms with E-state index >= 15 is 0 Å². The summed E-state index contributed by atoms with van der Waals surface area (Å²) in [5.41, 5.74) is 0.173. The fourth-order valence-electron chi connectivity index (χ4n) is 2.21. The number of aromatic nitrogens is 2. The van der Waals surface area contributed by atoms with Crippen molar-refractivity contribution in [3.8, 4) is 5.88 Å². The van der Waals surface area contributed by atoms with Crippen molar-refractivity contribution in [1.29, 1.82) is 0 Å². The van der Waals surface area contributed by atoms with Crippen molar-refractivity contribution in [2.24, 2.45) is 0 Å². The molecule has 0 aliphatic carbocycles. The number of allylic oxidation sites excluding steroid dienone is 1. The summed E-state index contributed by atoms with van der Waals surface area (Å²) in [5.74, 6) is -1.30. The molecule has 0 amide bonds. The molecule has 2 N–H and O–H groups in total. The van der Waals surface area contributed by atoms with E-state index in [1.54, 1.807) is 0 Å². The van der Waals surface area contributed by atoms with E-state index in [1.807, 2.05) is 0 Å². The van der Waals surface area contributed by atoms with Crippen LogP contribution in [-0.4, -0.2) is 26.0 Å². The number of rotatable bonds is 6. The van der Waals surface area contributed by atoms with Gasteiger partial charge >= 0.3 is 12.1 Å². The van der Waals surface area contributed by atoms with Crippen LogP contribution in [0.2, 0.25) is 5.02 Å². The summed E-state index contributed by atoms with van der Waals surface area (Å²) in [6.07, 6.45) is -1.21. The lowest BCUT2D eigenvalue weighted by Gasteiger charge is -2.11. The van der Waals surface area contributed by atoms with Gasteiger partial charge in [0.15, 0.2) is 0 Å². The van der Waals surface area contributed by atoms with Crippen LogP contribution in [0, 0.1) is 0 Å². The zero-order valence-electron chi connectivity index (χ0n) is 12.8. The number of carboxylic acid groups (broad SMARTS) is 1. The van der Waals surface area contributed by atoms with E-state index in [4.69, 9.17) is 16.7 Å². The normalized spacial score (nSPS) is 12.0. The maximum atomic E-state index is 12.7. The number of hydrogen-bond donors (Lipinski definition) is 2. The van der Waals surface area contributed by atoms with Crippen molar-refractivity contribution in [2.75, 3.05) is 0 Å². The first-order valence-electron chi connectivity index (χ1n) is 7.17. The Morgan fingerprint density at radius 2 is 2.04 bits per heavy atom. The van der Waals surface area contributed by atoms with Gasteiger partial charge in [0, 0.05) is 22.9 Å². The average molecular weight is 375 g/mol. The monoisotopic (exact) mass is 374 g/mol. The van der Waals surface area contributed by atoms with Crippen molar-refractivity contribution in [3.63, 3.8) is 0 Å². The Labute approximate surface area is 146 Å². The number of carboxylic acids is 1. The van der Waals surface area contributed by atoms with Crippen molar-refractivity contribution in [2.45, 2.75) is 25.6 Å². The molecule has 0 atom stereocenters. The minimum absolute atomic E-state index is 0.0541. The second kappa shape index (κ2) is 7.60. The maximum absolute atomic E-state index is 12.7. The molecule has 134 valence electrons. The molecule has 0 bridgehead atoms. The number of benzene rings is 1. The second-order valence-corrected chi connectivity index (χ2v) is 5.64. The Morgan fingerprint density at radius 1 is 1.32 bits per heavy atom. The van der Waals surface area contributed by atoms with E-state index in [1.165, 1.54) is 22.9 Å². The molecule has 0 aliphatic rings. The minimum atomic E-state index is -4.48. The van der Waals surface area contributed by atoms with Gasteiger partial charge < -0.3 is 10.2 Å². The highest BCUT2D eigenvalue weighted by Gasteiger charge is 2.30. The predicted octanol–water partition coefficient (Wildman–Crippen LogP) is 3.88. The number of aryl methyl sites for hydroxylation is 1. The molecule has 0 saturated heterocycles. The lowest BCUT2D eigenvalue weighted by atomic mass is 10.1. The van der Waals surface area contributed by atoms with Gasteiger partial charge in [-0.1, -0.05) is 23.7 Å². The van der Waals surface area contributed by atoms with E-state index < -0.39 is 17.7 Å². The maximum Gasteiger partial charge on any atom is 0.416 e. The number of aliphatic carboxylic acids is 1. The Morgan fingerprint density at radius 3 is 2.64 bits per heavy atom. The number of halogens is 4. The molecule has 5 nitrogen and oxygen atoms in total.